The molecule has 3 aliphatic rings. The molecule has 144 valence electrons. The Kier molecular flexibility index (Phi) is 4.22. The summed E-state index contributed by atoms with van der Waals surface area (Å²) in [7, 11) is 1.54. The van der Waals surface area contributed by atoms with Gasteiger partial charge in [0.2, 0.25) is 5.91 Å². The second-order valence-corrected chi connectivity index (χ2v) is 8.05. The molecule has 2 aliphatic heterocycles. The van der Waals surface area contributed by atoms with Crippen molar-refractivity contribution >= 4 is 17.8 Å². The molecule has 1 spiro atoms. The molecule has 0 radical (unpaired) electrons. The molecule has 0 atom stereocenters. The number of nitrogens with two attached hydrogens (primary N) is 1. The molecule has 0 bridgehead atoms. The van der Waals surface area contributed by atoms with Crippen molar-refractivity contribution in [1.82, 2.24) is 14.7 Å². The first-order valence-corrected chi connectivity index (χ1v) is 9.59. The van der Waals surface area contributed by atoms with Gasteiger partial charge in [-0.3, -0.25) is 14.5 Å². The van der Waals surface area contributed by atoms with Crippen molar-refractivity contribution in [3.63, 3.8) is 0 Å². The molecule has 2 heterocycles. The first-order valence-electron chi connectivity index (χ1n) is 9.59. The minimum atomic E-state index is -0.861. The Bertz CT molecular complexity index is 767. The molecule has 4 amide bonds. The van der Waals surface area contributed by atoms with Crippen LogP contribution >= 0.6 is 0 Å². The number of imide groups is 1. The fraction of sp³-hybridized carbons (Fsp3) is 0.550. The van der Waals surface area contributed by atoms with Gasteiger partial charge in [-0.05, 0) is 37.7 Å². The fourth-order valence-corrected chi connectivity index (χ4v) is 4.51. The molecule has 4 rings (SSSR count). The van der Waals surface area contributed by atoms with E-state index in [4.69, 9.17) is 5.73 Å². The average Bonchev–Trinajstić information content (AvgIpc) is 2.83. The molecule has 1 aromatic carbocycles. The number of amides is 4. The highest BCUT2D eigenvalue weighted by Gasteiger charge is 2.57. The number of carbonyl (C=O) groups excluding carboxylic acids is 3. The van der Waals surface area contributed by atoms with Gasteiger partial charge in [-0.15, -0.1) is 0 Å². The maximum atomic E-state index is 13.0. The summed E-state index contributed by atoms with van der Waals surface area (Å²) in [6, 6.07) is 9.42. The summed E-state index contributed by atoms with van der Waals surface area (Å²) in [5.74, 6) is -0.176. The Morgan fingerprint density at radius 3 is 2.26 bits per heavy atom. The van der Waals surface area contributed by atoms with Crippen molar-refractivity contribution in [1.29, 1.82) is 0 Å². The number of hydrogen-bond donors (Lipinski definition) is 1. The van der Waals surface area contributed by atoms with Gasteiger partial charge in [-0.1, -0.05) is 30.3 Å². The zero-order valence-electron chi connectivity index (χ0n) is 15.7. The smallest absolute Gasteiger partial charge is 0.327 e. The Labute approximate surface area is 159 Å². The van der Waals surface area contributed by atoms with E-state index in [2.05, 4.69) is 0 Å². The quantitative estimate of drug-likeness (QED) is 0.813. The third-order valence-corrected chi connectivity index (χ3v) is 6.47. The summed E-state index contributed by atoms with van der Waals surface area (Å²) in [5, 5.41) is 0. The Morgan fingerprint density at radius 2 is 1.70 bits per heavy atom. The number of hydrogen-bond acceptors (Lipinski definition) is 4. The van der Waals surface area contributed by atoms with Gasteiger partial charge in [-0.2, -0.15) is 0 Å². The number of likely N-dealkylation sites (N-methyl/N-ethyl adjacent to an activating group) is 1. The highest BCUT2D eigenvalue weighted by atomic mass is 16.2. The third kappa shape index (κ3) is 2.72. The van der Waals surface area contributed by atoms with Gasteiger partial charge in [-0.25, -0.2) is 4.79 Å². The molecule has 1 aliphatic carbocycles. The van der Waals surface area contributed by atoms with Crippen molar-refractivity contribution in [2.75, 3.05) is 20.1 Å². The average molecular weight is 370 g/mol. The number of likely N-dealkylation sites (tertiary alicyclic amines) is 1. The van der Waals surface area contributed by atoms with E-state index in [-0.39, 0.29) is 17.8 Å². The first-order chi connectivity index (χ1) is 12.9. The molecular formula is C20H26N4O3. The molecule has 7 heteroatoms. The Balaban J connectivity index is 1.54. The van der Waals surface area contributed by atoms with Crippen LogP contribution in [0.15, 0.2) is 30.3 Å². The second kappa shape index (κ2) is 6.34. The number of nitrogens with zero attached hydrogens (tertiary/aromatic N) is 3. The fourth-order valence-electron chi connectivity index (χ4n) is 4.51. The van der Waals surface area contributed by atoms with Gasteiger partial charge in [0.25, 0.3) is 5.91 Å². The van der Waals surface area contributed by atoms with Gasteiger partial charge >= 0.3 is 6.03 Å². The largest absolute Gasteiger partial charge is 0.341 e. The van der Waals surface area contributed by atoms with Crippen LogP contribution in [0.25, 0.3) is 0 Å². The van der Waals surface area contributed by atoms with Crippen LogP contribution in [0.1, 0.15) is 37.7 Å². The summed E-state index contributed by atoms with van der Waals surface area (Å²) in [5.41, 5.74) is 5.60. The molecule has 1 saturated carbocycles. The van der Waals surface area contributed by atoms with Gasteiger partial charge in [0.05, 0.1) is 5.54 Å². The zero-order valence-corrected chi connectivity index (χ0v) is 15.7. The van der Waals surface area contributed by atoms with Crippen LogP contribution in [-0.4, -0.2) is 63.8 Å². The molecule has 1 aromatic rings. The Morgan fingerprint density at radius 1 is 1.07 bits per heavy atom. The van der Waals surface area contributed by atoms with Crippen molar-refractivity contribution in [2.45, 2.75) is 49.7 Å². The predicted molar refractivity (Wildman–Crippen MR) is 99.5 cm³/mol. The lowest BCUT2D eigenvalue weighted by Crippen LogP contribution is -2.63. The van der Waals surface area contributed by atoms with E-state index in [0.717, 1.165) is 24.8 Å². The molecule has 3 fully saturated rings. The third-order valence-electron chi connectivity index (χ3n) is 6.47. The minimum absolute atomic E-state index is 0.0108. The summed E-state index contributed by atoms with van der Waals surface area (Å²) in [6.45, 7) is 1.30. The maximum absolute atomic E-state index is 13.0. The molecule has 2 N–H and O–H groups in total. The van der Waals surface area contributed by atoms with Gasteiger partial charge in [0, 0.05) is 26.7 Å². The molecular weight excluding hydrogens is 344 g/mol. The number of rotatable bonds is 3. The maximum Gasteiger partial charge on any atom is 0.327 e. The van der Waals surface area contributed by atoms with Crippen LogP contribution in [-0.2, 0) is 16.1 Å². The SMILES string of the molecule is CN1C(=O)N(Cc2ccccc2)C2(CCN(C(=O)C3(N)CCC3)CC2)C1=O. The monoisotopic (exact) mass is 370 g/mol. The Hall–Kier alpha value is -2.41. The summed E-state index contributed by atoms with van der Waals surface area (Å²) >= 11 is 0. The van der Waals surface area contributed by atoms with E-state index in [1.807, 2.05) is 30.3 Å². The second-order valence-electron chi connectivity index (χ2n) is 8.05. The normalized spacial score (nSPS) is 23.7. The number of piperidine rings is 1. The minimum Gasteiger partial charge on any atom is -0.341 e. The van der Waals surface area contributed by atoms with E-state index < -0.39 is 11.1 Å². The van der Waals surface area contributed by atoms with Gasteiger partial charge in [0.15, 0.2) is 0 Å². The standard InChI is InChI=1S/C20H26N4O3/c1-22-17(26)20(24(18(22)27)14-15-6-3-2-4-7-15)10-12-23(13-11-20)16(25)19(21)8-5-9-19/h2-4,6-7H,5,8-14,21H2,1H3. The summed E-state index contributed by atoms with van der Waals surface area (Å²) in [4.78, 5) is 43.1. The van der Waals surface area contributed by atoms with E-state index in [1.54, 1.807) is 9.80 Å². The summed E-state index contributed by atoms with van der Waals surface area (Å²) in [6.07, 6.45) is 3.36. The van der Waals surface area contributed by atoms with Crippen LogP contribution in [0.4, 0.5) is 4.79 Å². The zero-order chi connectivity index (χ0) is 19.2. The number of carbonyl (C=O) groups is 3. The lowest BCUT2D eigenvalue weighted by atomic mass is 9.75. The topological polar surface area (TPSA) is 87.0 Å². The van der Waals surface area contributed by atoms with Crippen LogP contribution in [0, 0.1) is 0 Å². The highest BCUT2D eigenvalue weighted by molar-refractivity contribution is 6.07. The van der Waals surface area contributed by atoms with E-state index >= 15 is 0 Å². The van der Waals surface area contributed by atoms with Crippen LogP contribution in [0.2, 0.25) is 0 Å². The molecule has 27 heavy (non-hydrogen) atoms. The molecule has 2 saturated heterocycles. The lowest BCUT2D eigenvalue weighted by molar-refractivity contribution is -0.146. The predicted octanol–water partition coefficient (Wildman–Crippen LogP) is 1.32. The van der Waals surface area contributed by atoms with E-state index in [9.17, 15) is 14.4 Å². The number of urea groups is 1. The van der Waals surface area contributed by atoms with Crippen molar-refractivity contribution in [2.24, 2.45) is 5.73 Å². The number of benzene rings is 1. The van der Waals surface area contributed by atoms with Crippen molar-refractivity contribution < 1.29 is 14.4 Å². The molecule has 0 aromatic heterocycles. The van der Waals surface area contributed by atoms with Gasteiger partial charge < -0.3 is 15.5 Å². The van der Waals surface area contributed by atoms with Crippen LogP contribution in [0.5, 0.6) is 0 Å². The molecule has 7 nitrogen and oxygen atoms in total. The van der Waals surface area contributed by atoms with E-state index in [0.29, 0.717) is 32.5 Å². The van der Waals surface area contributed by atoms with Crippen molar-refractivity contribution in [3.8, 4) is 0 Å². The lowest BCUT2D eigenvalue weighted by Gasteiger charge is -2.46. The van der Waals surface area contributed by atoms with Crippen LogP contribution in [0.3, 0.4) is 0 Å². The highest BCUT2D eigenvalue weighted by Crippen LogP contribution is 2.39. The molecule has 0 unspecified atom stereocenters. The van der Waals surface area contributed by atoms with E-state index in [1.165, 1.54) is 11.9 Å². The van der Waals surface area contributed by atoms with Crippen molar-refractivity contribution in [3.05, 3.63) is 35.9 Å². The van der Waals surface area contributed by atoms with Crippen LogP contribution < -0.4 is 5.73 Å². The first kappa shape index (κ1) is 18.0. The van der Waals surface area contributed by atoms with Gasteiger partial charge in [0.1, 0.15) is 5.54 Å². The summed E-state index contributed by atoms with van der Waals surface area (Å²) < 4.78 is 0.